The quantitative estimate of drug-likeness (QED) is 0.803. The molecule has 0 unspecified atom stereocenters. The molecule has 0 atom stereocenters. The number of carbonyl (C=O) groups is 1. The van der Waals surface area contributed by atoms with Gasteiger partial charge in [-0.05, 0) is 42.3 Å². The Bertz CT molecular complexity index is 633. The predicted molar refractivity (Wildman–Crippen MR) is 83.8 cm³/mol. The number of benzene rings is 2. The minimum Gasteiger partial charge on any atom is -0.352 e. The molecule has 0 aliphatic rings. The van der Waals surface area contributed by atoms with Gasteiger partial charge in [0.05, 0.1) is 5.56 Å². The van der Waals surface area contributed by atoms with Crippen molar-refractivity contribution in [3.8, 4) is 0 Å². The van der Waals surface area contributed by atoms with Crippen molar-refractivity contribution >= 4 is 34.5 Å². The Kier molecular flexibility index (Phi) is 5.20. The first-order valence-electron chi connectivity index (χ1n) is 6.07. The van der Waals surface area contributed by atoms with Crippen LogP contribution in [-0.2, 0) is 6.42 Å². The Labute approximate surface area is 130 Å². The van der Waals surface area contributed by atoms with Crippen LogP contribution in [0.25, 0.3) is 0 Å². The highest BCUT2D eigenvalue weighted by Crippen LogP contribution is 2.19. The van der Waals surface area contributed by atoms with Crippen molar-refractivity contribution in [1.29, 1.82) is 0 Å². The van der Waals surface area contributed by atoms with Crippen LogP contribution >= 0.6 is 28.6 Å². The SMILES string of the molecule is O=C(NCCc1cccc(F)c1)c1ccc(Br)cc1S. The third-order valence-corrected chi connectivity index (χ3v) is 3.66. The molecule has 1 amide bonds. The van der Waals surface area contributed by atoms with Gasteiger partial charge in [0, 0.05) is 15.9 Å². The molecule has 104 valence electrons. The standard InChI is InChI=1S/C15H13BrFNOS/c16-11-4-5-13(14(20)9-11)15(19)18-7-6-10-2-1-3-12(17)8-10/h1-5,8-9,20H,6-7H2,(H,18,19). The number of nitrogens with one attached hydrogen (secondary N) is 1. The predicted octanol–water partition coefficient (Wildman–Crippen LogP) is 3.85. The normalized spacial score (nSPS) is 10.3. The van der Waals surface area contributed by atoms with E-state index < -0.39 is 0 Å². The van der Waals surface area contributed by atoms with Gasteiger partial charge in [0.1, 0.15) is 5.82 Å². The summed E-state index contributed by atoms with van der Waals surface area (Å²) in [6, 6.07) is 11.6. The van der Waals surface area contributed by atoms with Gasteiger partial charge < -0.3 is 5.32 Å². The maximum atomic E-state index is 13.0. The van der Waals surface area contributed by atoms with Crippen LogP contribution in [0, 0.1) is 5.82 Å². The molecule has 0 aromatic heterocycles. The molecule has 2 aromatic rings. The van der Waals surface area contributed by atoms with Crippen LogP contribution in [-0.4, -0.2) is 12.5 Å². The average molecular weight is 354 g/mol. The molecule has 1 N–H and O–H groups in total. The van der Waals surface area contributed by atoms with Gasteiger partial charge in [-0.15, -0.1) is 12.6 Å². The van der Waals surface area contributed by atoms with E-state index in [1.807, 2.05) is 6.07 Å². The van der Waals surface area contributed by atoms with Crippen LogP contribution in [0.1, 0.15) is 15.9 Å². The summed E-state index contributed by atoms with van der Waals surface area (Å²) in [5.41, 5.74) is 1.38. The van der Waals surface area contributed by atoms with Crippen molar-refractivity contribution in [2.24, 2.45) is 0 Å². The second kappa shape index (κ2) is 6.90. The zero-order chi connectivity index (χ0) is 14.5. The van der Waals surface area contributed by atoms with Crippen LogP contribution in [0.3, 0.4) is 0 Å². The summed E-state index contributed by atoms with van der Waals surface area (Å²) in [6.45, 7) is 0.450. The fourth-order valence-corrected chi connectivity index (χ4v) is 2.66. The van der Waals surface area contributed by atoms with Crippen LogP contribution in [0.2, 0.25) is 0 Å². The monoisotopic (exact) mass is 353 g/mol. The van der Waals surface area contributed by atoms with Gasteiger partial charge in [-0.25, -0.2) is 4.39 Å². The molecule has 2 aromatic carbocycles. The molecule has 5 heteroatoms. The fourth-order valence-electron chi connectivity index (χ4n) is 1.80. The summed E-state index contributed by atoms with van der Waals surface area (Å²) >= 11 is 7.59. The first kappa shape index (κ1) is 15.1. The largest absolute Gasteiger partial charge is 0.352 e. The van der Waals surface area contributed by atoms with E-state index >= 15 is 0 Å². The van der Waals surface area contributed by atoms with Crippen LogP contribution in [0.15, 0.2) is 51.8 Å². The third kappa shape index (κ3) is 4.08. The van der Waals surface area contributed by atoms with Gasteiger partial charge in [-0.1, -0.05) is 28.1 Å². The Morgan fingerprint density at radius 1 is 1.25 bits per heavy atom. The van der Waals surface area contributed by atoms with E-state index in [1.165, 1.54) is 12.1 Å². The van der Waals surface area contributed by atoms with Gasteiger partial charge >= 0.3 is 0 Å². The number of amides is 1. The van der Waals surface area contributed by atoms with E-state index in [2.05, 4.69) is 33.9 Å². The minimum atomic E-state index is -0.264. The first-order chi connectivity index (χ1) is 9.56. The lowest BCUT2D eigenvalue weighted by molar-refractivity contribution is 0.0951. The summed E-state index contributed by atoms with van der Waals surface area (Å²) in [5, 5.41) is 2.80. The number of hydrogen-bond donors (Lipinski definition) is 2. The van der Waals surface area contributed by atoms with E-state index in [9.17, 15) is 9.18 Å². The van der Waals surface area contributed by atoms with E-state index in [4.69, 9.17) is 0 Å². The molecular weight excluding hydrogens is 341 g/mol. The van der Waals surface area contributed by atoms with Crippen molar-refractivity contribution in [3.63, 3.8) is 0 Å². The topological polar surface area (TPSA) is 29.1 Å². The maximum Gasteiger partial charge on any atom is 0.252 e. The lowest BCUT2D eigenvalue weighted by atomic mass is 10.1. The Morgan fingerprint density at radius 2 is 2.05 bits per heavy atom. The van der Waals surface area contributed by atoms with E-state index in [0.717, 1.165) is 10.0 Å². The summed E-state index contributed by atoms with van der Waals surface area (Å²) in [6.07, 6.45) is 0.585. The molecule has 2 nitrogen and oxygen atoms in total. The van der Waals surface area contributed by atoms with Crippen molar-refractivity contribution in [3.05, 3.63) is 63.9 Å². The Balaban J connectivity index is 1.92. The molecule has 2 rings (SSSR count). The molecule has 0 radical (unpaired) electrons. The van der Waals surface area contributed by atoms with Gasteiger partial charge in [-0.2, -0.15) is 0 Å². The summed E-state index contributed by atoms with van der Waals surface area (Å²) in [7, 11) is 0. The minimum absolute atomic E-state index is 0.182. The average Bonchev–Trinajstić information content (AvgIpc) is 2.38. The first-order valence-corrected chi connectivity index (χ1v) is 7.31. The highest BCUT2D eigenvalue weighted by atomic mass is 79.9. The number of halogens is 2. The zero-order valence-electron chi connectivity index (χ0n) is 10.6. The second-order valence-corrected chi connectivity index (χ2v) is 5.69. The molecule has 0 aliphatic heterocycles. The highest BCUT2D eigenvalue weighted by Gasteiger charge is 2.09. The molecule has 0 spiro atoms. The summed E-state index contributed by atoms with van der Waals surface area (Å²) in [4.78, 5) is 12.6. The van der Waals surface area contributed by atoms with Gasteiger partial charge in [0.2, 0.25) is 0 Å². The number of rotatable bonds is 4. The second-order valence-electron chi connectivity index (χ2n) is 4.30. The zero-order valence-corrected chi connectivity index (χ0v) is 13.0. The molecule has 0 bridgehead atoms. The van der Waals surface area contributed by atoms with Gasteiger partial charge in [0.15, 0.2) is 0 Å². The molecule has 0 saturated heterocycles. The molecule has 0 saturated carbocycles. The number of thiol groups is 1. The van der Waals surface area contributed by atoms with Crippen LogP contribution < -0.4 is 5.32 Å². The summed E-state index contributed by atoms with van der Waals surface area (Å²) in [5.74, 6) is -0.446. The molecule has 20 heavy (non-hydrogen) atoms. The molecule has 0 fully saturated rings. The smallest absolute Gasteiger partial charge is 0.252 e. The van der Waals surface area contributed by atoms with E-state index in [1.54, 1.807) is 24.3 Å². The van der Waals surface area contributed by atoms with Crippen molar-refractivity contribution in [1.82, 2.24) is 5.32 Å². The maximum absolute atomic E-state index is 13.0. The molecular formula is C15H13BrFNOS. The van der Waals surface area contributed by atoms with Gasteiger partial charge in [-0.3, -0.25) is 4.79 Å². The Hall–Kier alpha value is -1.33. The fraction of sp³-hybridized carbons (Fsp3) is 0.133. The lowest BCUT2D eigenvalue weighted by Gasteiger charge is -2.08. The highest BCUT2D eigenvalue weighted by molar-refractivity contribution is 9.10. The Morgan fingerprint density at radius 3 is 2.75 bits per heavy atom. The lowest BCUT2D eigenvalue weighted by Crippen LogP contribution is -2.26. The molecule has 0 aliphatic carbocycles. The van der Waals surface area contributed by atoms with Gasteiger partial charge in [0.25, 0.3) is 5.91 Å². The third-order valence-electron chi connectivity index (χ3n) is 2.79. The number of hydrogen-bond acceptors (Lipinski definition) is 2. The van der Waals surface area contributed by atoms with E-state index in [-0.39, 0.29) is 11.7 Å². The van der Waals surface area contributed by atoms with Crippen molar-refractivity contribution in [2.45, 2.75) is 11.3 Å². The van der Waals surface area contributed by atoms with E-state index in [0.29, 0.717) is 23.4 Å². The summed E-state index contributed by atoms with van der Waals surface area (Å²) < 4.78 is 13.9. The van der Waals surface area contributed by atoms with Crippen molar-refractivity contribution in [2.75, 3.05) is 6.54 Å². The van der Waals surface area contributed by atoms with Crippen molar-refractivity contribution < 1.29 is 9.18 Å². The molecule has 0 heterocycles. The van der Waals surface area contributed by atoms with Crippen LogP contribution in [0.5, 0.6) is 0 Å². The van der Waals surface area contributed by atoms with Crippen LogP contribution in [0.4, 0.5) is 4.39 Å². The number of carbonyl (C=O) groups excluding carboxylic acids is 1.